The van der Waals surface area contributed by atoms with Crippen LogP contribution < -0.4 is 4.74 Å². The third kappa shape index (κ3) is 2.96. The molecule has 0 fully saturated rings. The summed E-state index contributed by atoms with van der Waals surface area (Å²) in [4.78, 5) is 18.3. The largest absolute Gasteiger partial charge is 0.495 e. The van der Waals surface area contributed by atoms with Gasteiger partial charge in [0.25, 0.3) is 0 Å². The van der Waals surface area contributed by atoms with Gasteiger partial charge in [0.1, 0.15) is 11.4 Å². The van der Waals surface area contributed by atoms with Crippen LogP contribution in [0.5, 0.6) is 5.75 Å². The van der Waals surface area contributed by atoms with Gasteiger partial charge in [-0.05, 0) is 29.6 Å². The molecule has 7 nitrogen and oxygen atoms in total. The van der Waals surface area contributed by atoms with Crippen LogP contribution in [0.4, 0.5) is 0 Å². The van der Waals surface area contributed by atoms with Crippen LogP contribution in [-0.2, 0) is 0 Å². The summed E-state index contributed by atoms with van der Waals surface area (Å²) >= 11 is 1.70. The number of ether oxygens (including phenoxy) is 1. The van der Waals surface area contributed by atoms with Crippen molar-refractivity contribution >= 4 is 33.3 Å². The maximum Gasteiger partial charge on any atom is 0.159 e. The monoisotopic (exact) mass is 424 g/mol. The number of aromatic amines is 2. The van der Waals surface area contributed by atoms with Gasteiger partial charge in [-0.3, -0.25) is 15.1 Å². The van der Waals surface area contributed by atoms with E-state index in [1.807, 2.05) is 24.3 Å². The lowest BCUT2D eigenvalue weighted by Gasteiger charge is -2.03. The highest BCUT2D eigenvalue weighted by Crippen LogP contribution is 2.34. The summed E-state index contributed by atoms with van der Waals surface area (Å²) in [5.74, 6) is 1.40. The summed E-state index contributed by atoms with van der Waals surface area (Å²) in [5, 5.41) is 10.6. The number of benzene rings is 1. The van der Waals surface area contributed by atoms with Crippen LogP contribution in [0, 0.1) is 0 Å². The Morgan fingerprint density at radius 2 is 1.97 bits per heavy atom. The van der Waals surface area contributed by atoms with Crippen molar-refractivity contribution in [2.24, 2.45) is 0 Å². The quantitative estimate of drug-likeness (QED) is 0.401. The first-order valence-corrected chi connectivity index (χ1v) is 10.5. The molecule has 0 aliphatic heterocycles. The van der Waals surface area contributed by atoms with Crippen molar-refractivity contribution in [3.05, 3.63) is 66.4 Å². The highest BCUT2D eigenvalue weighted by atomic mass is 32.1. The van der Waals surface area contributed by atoms with Gasteiger partial charge in [0.05, 0.1) is 41.7 Å². The van der Waals surface area contributed by atoms with E-state index >= 15 is 0 Å². The molecule has 0 atom stereocenters. The lowest BCUT2D eigenvalue weighted by Crippen LogP contribution is -1.88. The van der Waals surface area contributed by atoms with Crippen LogP contribution in [0.15, 0.2) is 66.4 Å². The first-order chi connectivity index (χ1) is 15.3. The van der Waals surface area contributed by atoms with Crippen LogP contribution in [0.25, 0.3) is 55.2 Å². The highest BCUT2D eigenvalue weighted by Gasteiger charge is 2.16. The van der Waals surface area contributed by atoms with Gasteiger partial charge in [-0.2, -0.15) is 5.10 Å². The lowest BCUT2D eigenvalue weighted by atomic mass is 10.1. The van der Waals surface area contributed by atoms with Crippen LogP contribution in [0.1, 0.15) is 0 Å². The SMILES string of the molecule is COc1cncc(-c2cc3c(-c4nc5c(-c6cccs6)cccc5[nH]4)n[nH]c3cn2)c1. The number of para-hydroxylation sites is 1. The maximum absolute atomic E-state index is 5.29. The first kappa shape index (κ1) is 17.8. The van der Waals surface area contributed by atoms with Gasteiger partial charge in [-0.15, -0.1) is 11.3 Å². The van der Waals surface area contributed by atoms with Crippen LogP contribution >= 0.6 is 11.3 Å². The number of hydrogen-bond donors (Lipinski definition) is 2. The highest BCUT2D eigenvalue weighted by molar-refractivity contribution is 7.13. The van der Waals surface area contributed by atoms with Crippen molar-refractivity contribution in [3.8, 4) is 39.0 Å². The van der Waals surface area contributed by atoms with Crippen molar-refractivity contribution in [1.82, 2.24) is 30.1 Å². The molecular formula is C23H16N6OS. The molecule has 0 saturated heterocycles. The number of H-pyrrole nitrogens is 2. The number of nitrogens with one attached hydrogen (secondary N) is 2. The van der Waals surface area contributed by atoms with Gasteiger partial charge in [-0.25, -0.2) is 4.98 Å². The standard InChI is InChI=1S/C23H16N6OS/c1-30-14-8-13(10-24-11-14)18-9-16-19(12-25-18)28-29-22(16)23-26-17-5-2-4-15(21(17)27-23)20-6-3-7-31-20/h2-12H,1H3,(H,26,27)(H,28,29). The number of hydrogen-bond acceptors (Lipinski definition) is 6. The van der Waals surface area contributed by atoms with E-state index < -0.39 is 0 Å². The summed E-state index contributed by atoms with van der Waals surface area (Å²) in [6.07, 6.45) is 5.22. The Bertz CT molecular complexity index is 1530. The average Bonchev–Trinajstić information content (AvgIpc) is 3.57. The number of imidazole rings is 1. The molecule has 2 N–H and O–H groups in total. The van der Waals surface area contributed by atoms with Crippen molar-refractivity contribution in [3.63, 3.8) is 0 Å². The van der Waals surface area contributed by atoms with Gasteiger partial charge >= 0.3 is 0 Å². The topological polar surface area (TPSA) is 92.4 Å². The Kier molecular flexibility index (Phi) is 4.03. The van der Waals surface area contributed by atoms with E-state index in [0.29, 0.717) is 11.6 Å². The molecule has 31 heavy (non-hydrogen) atoms. The summed E-state index contributed by atoms with van der Waals surface area (Å²) in [6.45, 7) is 0. The van der Waals surface area contributed by atoms with Crippen molar-refractivity contribution in [2.75, 3.05) is 7.11 Å². The van der Waals surface area contributed by atoms with E-state index in [-0.39, 0.29) is 0 Å². The fraction of sp³-hybridized carbons (Fsp3) is 0.0435. The second kappa shape index (κ2) is 7.03. The van der Waals surface area contributed by atoms with Crippen LogP contribution in [0.3, 0.4) is 0 Å². The fourth-order valence-electron chi connectivity index (χ4n) is 3.70. The number of thiophene rings is 1. The third-order valence-corrected chi connectivity index (χ3v) is 6.12. The molecule has 0 aliphatic carbocycles. The maximum atomic E-state index is 5.29. The molecule has 5 aromatic heterocycles. The van der Waals surface area contributed by atoms with Crippen molar-refractivity contribution < 1.29 is 4.74 Å². The fourth-order valence-corrected chi connectivity index (χ4v) is 4.45. The zero-order valence-corrected chi connectivity index (χ0v) is 17.3. The van der Waals surface area contributed by atoms with E-state index in [1.165, 1.54) is 4.88 Å². The predicted octanol–water partition coefficient (Wildman–Crippen LogP) is 5.30. The molecule has 8 heteroatoms. The molecule has 6 aromatic rings. The number of fused-ring (bicyclic) bond motifs is 2. The van der Waals surface area contributed by atoms with Gasteiger partial charge in [-0.1, -0.05) is 18.2 Å². The second-order valence-corrected chi connectivity index (χ2v) is 8.01. The van der Waals surface area contributed by atoms with Gasteiger partial charge in [0.2, 0.25) is 0 Å². The zero-order chi connectivity index (χ0) is 20.8. The summed E-state index contributed by atoms with van der Waals surface area (Å²) in [6, 6.07) is 14.2. The van der Waals surface area contributed by atoms with E-state index in [1.54, 1.807) is 37.0 Å². The van der Waals surface area contributed by atoms with Crippen molar-refractivity contribution in [2.45, 2.75) is 0 Å². The minimum absolute atomic E-state index is 0.685. The normalized spacial score (nSPS) is 11.4. The Morgan fingerprint density at radius 3 is 2.84 bits per heavy atom. The molecule has 0 radical (unpaired) electrons. The van der Waals surface area contributed by atoms with Gasteiger partial charge in [0.15, 0.2) is 5.82 Å². The minimum atomic E-state index is 0.685. The van der Waals surface area contributed by atoms with E-state index in [0.717, 1.165) is 44.5 Å². The molecule has 1 aromatic carbocycles. The average molecular weight is 424 g/mol. The molecule has 0 unspecified atom stereocenters. The smallest absolute Gasteiger partial charge is 0.159 e. The Balaban J connectivity index is 1.50. The molecule has 0 aliphatic rings. The Labute approximate surface area is 180 Å². The van der Waals surface area contributed by atoms with Crippen molar-refractivity contribution in [1.29, 1.82) is 0 Å². The number of nitrogens with zero attached hydrogens (tertiary/aromatic N) is 4. The molecule has 6 rings (SSSR count). The van der Waals surface area contributed by atoms with Gasteiger partial charge < -0.3 is 9.72 Å². The molecule has 0 saturated carbocycles. The molecule has 5 heterocycles. The molecule has 0 spiro atoms. The van der Waals surface area contributed by atoms with Gasteiger partial charge in [0, 0.05) is 27.6 Å². The Morgan fingerprint density at radius 1 is 1.00 bits per heavy atom. The summed E-state index contributed by atoms with van der Waals surface area (Å²) in [7, 11) is 1.62. The summed E-state index contributed by atoms with van der Waals surface area (Å²) < 4.78 is 5.29. The third-order valence-electron chi connectivity index (χ3n) is 5.22. The molecule has 150 valence electrons. The number of aromatic nitrogens is 6. The molecular weight excluding hydrogens is 408 g/mol. The van der Waals surface area contributed by atoms with E-state index in [9.17, 15) is 0 Å². The van der Waals surface area contributed by atoms with Crippen LogP contribution in [-0.4, -0.2) is 37.2 Å². The molecule has 0 bridgehead atoms. The Hall–Kier alpha value is -4.04. The predicted molar refractivity (Wildman–Crippen MR) is 122 cm³/mol. The van der Waals surface area contributed by atoms with Crippen LogP contribution in [0.2, 0.25) is 0 Å². The summed E-state index contributed by atoms with van der Waals surface area (Å²) in [5.41, 5.74) is 6.27. The minimum Gasteiger partial charge on any atom is -0.495 e. The number of rotatable bonds is 4. The lowest BCUT2D eigenvalue weighted by molar-refractivity contribution is 0.413. The first-order valence-electron chi connectivity index (χ1n) is 9.66. The second-order valence-electron chi connectivity index (χ2n) is 7.07. The number of methoxy groups -OCH3 is 1. The molecule has 0 amide bonds. The number of pyridine rings is 2. The zero-order valence-electron chi connectivity index (χ0n) is 16.5. The van der Waals surface area contributed by atoms with E-state index in [2.05, 4.69) is 48.7 Å². The van der Waals surface area contributed by atoms with E-state index in [4.69, 9.17) is 9.72 Å².